The van der Waals surface area contributed by atoms with Gasteiger partial charge in [0.05, 0.1) is 6.61 Å². The van der Waals surface area contributed by atoms with Crippen molar-refractivity contribution in [3.05, 3.63) is 12.2 Å². The average Bonchev–Trinajstić information content (AvgIpc) is 2.10. The van der Waals surface area contributed by atoms with Crippen LogP contribution in [-0.4, -0.2) is 19.4 Å². The minimum absolute atomic E-state index is 0.118. The van der Waals surface area contributed by atoms with E-state index in [0.29, 0.717) is 6.61 Å². The molecule has 0 atom stereocenters. The average molecular weight is 169 g/mol. The Hall–Kier alpha value is -1.34. The largest absolute Gasteiger partial charge is 0.434 e. The number of carbonyl (C=O) groups is 1. The second-order valence-corrected chi connectivity index (χ2v) is 2.05. The van der Waals surface area contributed by atoms with E-state index < -0.39 is 5.97 Å². The lowest BCUT2D eigenvalue weighted by Crippen LogP contribution is -2.09. The van der Waals surface area contributed by atoms with Gasteiger partial charge in [-0.05, 0) is 6.42 Å². The van der Waals surface area contributed by atoms with Gasteiger partial charge in [0, 0.05) is 0 Å². The molecule has 0 unspecified atom stereocenters. The van der Waals surface area contributed by atoms with E-state index in [1.165, 1.54) is 0 Å². The number of ether oxygens (including phenoxy) is 2. The second-order valence-electron chi connectivity index (χ2n) is 2.05. The first kappa shape index (κ1) is 10.7. The van der Waals surface area contributed by atoms with E-state index in [0.717, 1.165) is 6.42 Å². The molecule has 0 saturated carbocycles. The molecule has 4 heteroatoms. The van der Waals surface area contributed by atoms with Crippen LogP contribution in [0.2, 0.25) is 0 Å². The summed E-state index contributed by atoms with van der Waals surface area (Å²) in [6, 6.07) is 1.58. The Morgan fingerprint density at radius 1 is 1.67 bits per heavy atom. The van der Waals surface area contributed by atoms with Crippen LogP contribution in [0.3, 0.4) is 0 Å². The molecule has 0 aliphatic carbocycles. The molecule has 0 N–H and O–H groups in total. The van der Waals surface area contributed by atoms with E-state index in [9.17, 15) is 4.79 Å². The van der Waals surface area contributed by atoms with Crippen LogP contribution in [0, 0.1) is 11.3 Å². The van der Waals surface area contributed by atoms with Crippen LogP contribution in [0.15, 0.2) is 12.2 Å². The van der Waals surface area contributed by atoms with Crippen molar-refractivity contribution >= 4 is 5.97 Å². The quantitative estimate of drug-likeness (QED) is 0.202. The number of esters is 1. The van der Waals surface area contributed by atoms with E-state index in [1.54, 1.807) is 6.07 Å². The number of nitriles is 1. The summed E-state index contributed by atoms with van der Waals surface area (Å²) in [5.74, 6) is -0.728. The third kappa shape index (κ3) is 4.47. The van der Waals surface area contributed by atoms with Crippen LogP contribution in [0.1, 0.15) is 13.3 Å². The van der Waals surface area contributed by atoms with Crippen LogP contribution in [0.25, 0.3) is 0 Å². The minimum Gasteiger partial charge on any atom is -0.434 e. The summed E-state index contributed by atoms with van der Waals surface area (Å²) in [5, 5.41) is 8.22. The maximum atomic E-state index is 10.7. The van der Waals surface area contributed by atoms with Crippen molar-refractivity contribution in [1.29, 1.82) is 5.26 Å². The first-order chi connectivity index (χ1) is 5.72. The first-order valence-corrected chi connectivity index (χ1v) is 3.56. The van der Waals surface area contributed by atoms with E-state index in [2.05, 4.69) is 11.3 Å². The van der Waals surface area contributed by atoms with Gasteiger partial charge in [-0.1, -0.05) is 13.5 Å². The van der Waals surface area contributed by atoms with Crippen LogP contribution in [-0.2, 0) is 14.3 Å². The summed E-state index contributed by atoms with van der Waals surface area (Å²) >= 11 is 0. The number of nitrogens with zero attached hydrogens (tertiary/aromatic N) is 1. The molecule has 0 aromatic rings. The van der Waals surface area contributed by atoms with Gasteiger partial charge < -0.3 is 9.47 Å². The van der Waals surface area contributed by atoms with Crippen LogP contribution in [0.4, 0.5) is 0 Å². The molecule has 0 fully saturated rings. The van der Waals surface area contributed by atoms with Crippen LogP contribution in [0.5, 0.6) is 0 Å². The van der Waals surface area contributed by atoms with Gasteiger partial charge in [0.2, 0.25) is 0 Å². The molecule has 66 valence electrons. The zero-order valence-corrected chi connectivity index (χ0v) is 7.00. The first-order valence-electron chi connectivity index (χ1n) is 3.56. The molecule has 0 saturated heterocycles. The van der Waals surface area contributed by atoms with Crippen molar-refractivity contribution in [2.45, 2.75) is 13.3 Å². The zero-order chi connectivity index (χ0) is 9.40. The normalized spacial score (nSPS) is 8.67. The number of hydrogen-bond donors (Lipinski definition) is 0. The molecule has 0 rings (SSSR count). The van der Waals surface area contributed by atoms with E-state index in [-0.39, 0.29) is 12.4 Å². The Bertz CT molecular complexity index is 205. The highest BCUT2D eigenvalue weighted by molar-refractivity contribution is 5.91. The van der Waals surface area contributed by atoms with E-state index in [4.69, 9.17) is 10.00 Å². The molecule has 0 heterocycles. The maximum Gasteiger partial charge on any atom is 0.350 e. The molecule has 0 bridgehead atoms. The zero-order valence-electron chi connectivity index (χ0n) is 7.00. The highest BCUT2D eigenvalue weighted by Crippen LogP contribution is 1.92. The summed E-state index contributed by atoms with van der Waals surface area (Å²) in [6.45, 7) is 5.54. The third-order valence-corrected chi connectivity index (χ3v) is 1.00. The van der Waals surface area contributed by atoms with Crippen molar-refractivity contribution < 1.29 is 14.3 Å². The monoisotopic (exact) mass is 169 g/mol. The fourth-order valence-corrected chi connectivity index (χ4v) is 0.431. The van der Waals surface area contributed by atoms with Crippen molar-refractivity contribution in [1.82, 2.24) is 0 Å². The summed E-state index contributed by atoms with van der Waals surface area (Å²) in [5.41, 5.74) is -0.213. The Morgan fingerprint density at radius 3 is 2.83 bits per heavy atom. The van der Waals surface area contributed by atoms with Crippen molar-refractivity contribution in [2.75, 3.05) is 13.4 Å². The van der Waals surface area contributed by atoms with Crippen LogP contribution >= 0.6 is 0 Å². The lowest BCUT2D eigenvalue weighted by Gasteiger charge is -2.02. The summed E-state index contributed by atoms with van der Waals surface area (Å²) in [6.07, 6.45) is 0.858. The minimum atomic E-state index is -0.728. The van der Waals surface area contributed by atoms with Gasteiger partial charge in [0.15, 0.2) is 6.79 Å². The highest BCUT2D eigenvalue weighted by Gasteiger charge is 2.05. The number of rotatable bonds is 5. The molecule has 12 heavy (non-hydrogen) atoms. The van der Waals surface area contributed by atoms with Crippen LogP contribution < -0.4 is 0 Å². The smallest absolute Gasteiger partial charge is 0.350 e. The van der Waals surface area contributed by atoms with Gasteiger partial charge in [0.25, 0.3) is 0 Å². The SMILES string of the molecule is C=C(C#N)C(=O)OCOCCC. The molecule has 0 aliphatic rings. The molecular weight excluding hydrogens is 158 g/mol. The van der Waals surface area contributed by atoms with Gasteiger partial charge in [-0.2, -0.15) is 5.26 Å². The Morgan fingerprint density at radius 2 is 2.33 bits per heavy atom. The van der Waals surface area contributed by atoms with Crippen molar-refractivity contribution in [2.24, 2.45) is 0 Å². The van der Waals surface area contributed by atoms with E-state index >= 15 is 0 Å². The fourth-order valence-electron chi connectivity index (χ4n) is 0.431. The molecule has 0 aliphatic heterocycles. The number of carbonyl (C=O) groups excluding carboxylic acids is 1. The lowest BCUT2D eigenvalue weighted by molar-refractivity contribution is -0.150. The van der Waals surface area contributed by atoms with Gasteiger partial charge >= 0.3 is 5.97 Å². The molecule has 0 aromatic carbocycles. The van der Waals surface area contributed by atoms with Gasteiger partial charge in [-0.3, -0.25) is 0 Å². The maximum absolute atomic E-state index is 10.7. The van der Waals surface area contributed by atoms with Gasteiger partial charge in [-0.15, -0.1) is 0 Å². The summed E-state index contributed by atoms with van der Waals surface area (Å²) in [4.78, 5) is 10.7. The Balaban J connectivity index is 3.46. The molecule has 4 nitrogen and oxygen atoms in total. The standard InChI is InChI=1S/C8H11NO3/c1-3-4-11-6-12-8(10)7(2)5-9/h2-4,6H2,1H3. The fraction of sp³-hybridized carbons (Fsp3) is 0.500. The van der Waals surface area contributed by atoms with Gasteiger partial charge in [-0.25, -0.2) is 4.79 Å². The predicted molar refractivity (Wildman–Crippen MR) is 42.0 cm³/mol. The molecule has 0 radical (unpaired) electrons. The topological polar surface area (TPSA) is 59.3 Å². The predicted octanol–water partition coefficient (Wildman–Crippen LogP) is 0.993. The van der Waals surface area contributed by atoms with Gasteiger partial charge in [0.1, 0.15) is 11.6 Å². The molecule has 0 spiro atoms. The Kier molecular flexibility index (Phi) is 5.66. The third-order valence-electron chi connectivity index (χ3n) is 1.00. The second kappa shape index (κ2) is 6.38. The summed E-state index contributed by atoms with van der Waals surface area (Å²) in [7, 11) is 0. The molecule has 0 amide bonds. The van der Waals surface area contributed by atoms with E-state index in [1.807, 2.05) is 6.92 Å². The van der Waals surface area contributed by atoms with Crippen molar-refractivity contribution in [3.8, 4) is 6.07 Å². The summed E-state index contributed by atoms with van der Waals surface area (Å²) < 4.78 is 9.37. The lowest BCUT2D eigenvalue weighted by atomic mass is 10.3. The number of hydrogen-bond acceptors (Lipinski definition) is 4. The Labute approximate surface area is 71.4 Å². The molecular formula is C8H11NO3. The van der Waals surface area contributed by atoms with Crippen molar-refractivity contribution in [3.63, 3.8) is 0 Å². The highest BCUT2D eigenvalue weighted by atomic mass is 16.7. The molecule has 0 aromatic heterocycles.